The van der Waals surface area contributed by atoms with Crippen LogP contribution in [0.15, 0.2) is 0 Å². The van der Waals surface area contributed by atoms with Crippen molar-refractivity contribution in [2.75, 3.05) is 33.4 Å². The summed E-state index contributed by atoms with van der Waals surface area (Å²) in [6, 6.07) is 0. The van der Waals surface area contributed by atoms with E-state index in [0.29, 0.717) is 49.5 Å². The zero-order valence-corrected chi connectivity index (χ0v) is 18.4. The second-order valence-corrected chi connectivity index (χ2v) is 7.53. The molecule has 0 N–H and O–H groups in total. The Morgan fingerprint density at radius 2 is 1.86 bits per heavy atom. The van der Waals surface area contributed by atoms with E-state index in [1.54, 1.807) is 11.8 Å². The Bertz CT molecular complexity index is 749. The van der Waals surface area contributed by atoms with Gasteiger partial charge in [-0.05, 0) is 52.5 Å². The van der Waals surface area contributed by atoms with Gasteiger partial charge >= 0.3 is 5.97 Å². The summed E-state index contributed by atoms with van der Waals surface area (Å²) >= 11 is 0. The van der Waals surface area contributed by atoms with Gasteiger partial charge in [-0.25, -0.2) is 4.79 Å². The molecule has 0 saturated heterocycles. The zero-order valence-electron chi connectivity index (χ0n) is 18.4. The molecule has 1 aromatic heterocycles. The van der Waals surface area contributed by atoms with Crippen molar-refractivity contribution in [1.29, 1.82) is 0 Å². The van der Waals surface area contributed by atoms with Crippen LogP contribution in [0.3, 0.4) is 0 Å². The second-order valence-electron chi connectivity index (χ2n) is 7.53. The highest BCUT2D eigenvalue weighted by Crippen LogP contribution is 2.29. The number of rotatable bonds is 11. The Morgan fingerprint density at radius 3 is 2.38 bits per heavy atom. The van der Waals surface area contributed by atoms with Crippen LogP contribution in [0.1, 0.15) is 71.6 Å². The summed E-state index contributed by atoms with van der Waals surface area (Å²) in [5, 5.41) is 0. The van der Waals surface area contributed by atoms with Crippen LogP contribution in [0.5, 0.6) is 0 Å². The van der Waals surface area contributed by atoms with Gasteiger partial charge < -0.3 is 18.9 Å². The van der Waals surface area contributed by atoms with Gasteiger partial charge in [0.2, 0.25) is 5.91 Å². The number of carbonyl (C=O) groups excluding carboxylic acids is 3. The topological polar surface area (TPSA) is 77.8 Å². The normalized spacial score (nSPS) is 13.8. The number of ketones is 1. The van der Waals surface area contributed by atoms with Crippen LogP contribution < -0.4 is 0 Å². The van der Waals surface area contributed by atoms with Gasteiger partial charge in [0, 0.05) is 43.5 Å². The molecule has 162 valence electrons. The first kappa shape index (κ1) is 23.1. The van der Waals surface area contributed by atoms with Gasteiger partial charge in [-0.1, -0.05) is 6.42 Å². The molecule has 0 unspecified atom stereocenters. The minimum absolute atomic E-state index is 0.0253. The molecular weight excluding hydrogens is 372 g/mol. The minimum atomic E-state index is -0.453. The molecule has 29 heavy (non-hydrogen) atoms. The third-order valence-electron chi connectivity index (χ3n) is 5.76. The molecular formula is C22H34N2O5. The first-order valence-electron chi connectivity index (χ1n) is 10.5. The van der Waals surface area contributed by atoms with E-state index in [4.69, 9.17) is 9.47 Å². The highest BCUT2D eigenvalue weighted by atomic mass is 16.5. The molecule has 1 fully saturated rings. The first-order chi connectivity index (χ1) is 13.9. The average Bonchev–Trinajstić information content (AvgIpc) is 2.91. The summed E-state index contributed by atoms with van der Waals surface area (Å²) in [7, 11) is 1.34. The predicted octanol–water partition coefficient (Wildman–Crippen LogP) is 3.15. The SMILES string of the molecule is CCOCCCN(CC(=O)c1c(C)c(C(=O)OC)n(CC)c1C)C(=O)C1CCC1. The molecule has 0 aliphatic heterocycles. The number of Topliss-reactive ketones (excluding diaryl/α,β-unsaturated/α-hetero) is 1. The van der Waals surface area contributed by atoms with Crippen molar-refractivity contribution < 1.29 is 23.9 Å². The zero-order chi connectivity index (χ0) is 21.6. The summed E-state index contributed by atoms with van der Waals surface area (Å²) in [6.07, 6.45) is 3.55. The van der Waals surface area contributed by atoms with Gasteiger partial charge in [-0.15, -0.1) is 0 Å². The summed E-state index contributed by atoms with van der Waals surface area (Å²) in [5.41, 5.74) is 2.28. The smallest absolute Gasteiger partial charge is 0.354 e. The highest BCUT2D eigenvalue weighted by Gasteiger charge is 2.32. The summed E-state index contributed by atoms with van der Waals surface area (Å²) in [5.74, 6) is -0.505. The van der Waals surface area contributed by atoms with Crippen molar-refractivity contribution in [2.24, 2.45) is 5.92 Å². The minimum Gasteiger partial charge on any atom is -0.464 e. The van der Waals surface area contributed by atoms with Crippen LogP contribution in [0.25, 0.3) is 0 Å². The number of hydrogen-bond donors (Lipinski definition) is 0. The Labute approximate surface area is 173 Å². The number of ether oxygens (including phenoxy) is 2. The lowest BCUT2D eigenvalue weighted by molar-refractivity contribution is -0.137. The lowest BCUT2D eigenvalue weighted by atomic mass is 9.84. The fourth-order valence-electron chi connectivity index (χ4n) is 4.00. The maximum absolute atomic E-state index is 13.2. The van der Waals surface area contributed by atoms with E-state index in [1.165, 1.54) is 7.11 Å². The number of esters is 1. The number of carbonyl (C=O) groups is 3. The first-order valence-corrected chi connectivity index (χ1v) is 10.5. The lowest BCUT2D eigenvalue weighted by Crippen LogP contribution is -2.42. The highest BCUT2D eigenvalue weighted by molar-refractivity contribution is 6.04. The van der Waals surface area contributed by atoms with Crippen LogP contribution in [0, 0.1) is 19.8 Å². The monoisotopic (exact) mass is 406 g/mol. The lowest BCUT2D eigenvalue weighted by Gasteiger charge is -2.31. The summed E-state index contributed by atoms with van der Waals surface area (Å²) in [4.78, 5) is 40.0. The van der Waals surface area contributed by atoms with E-state index in [1.807, 2.05) is 25.3 Å². The molecule has 1 aliphatic rings. The Balaban J connectivity index is 2.24. The molecule has 0 radical (unpaired) electrons. The largest absolute Gasteiger partial charge is 0.464 e. The number of amides is 1. The Hall–Kier alpha value is -2.15. The van der Waals surface area contributed by atoms with Crippen molar-refractivity contribution in [3.8, 4) is 0 Å². The van der Waals surface area contributed by atoms with Gasteiger partial charge in [0.1, 0.15) is 5.69 Å². The molecule has 1 amide bonds. The van der Waals surface area contributed by atoms with E-state index in [9.17, 15) is 14.4 Å². The van der Waals surface area contributed by atoms with Gasteiger partial charge in [-0.2, -0.15) is 0 Å². The number of hydrogen-bond acceptors (Lipinski definition) is 5. The number of nitrogens with zero attached hydrogens (tertiary/aromatic N) is 2. The van der Waals surface area contributed by atoms with Crippen molar-refractivity contribution >= 4 is 17.7 Å². The molecule has 0 atom stereocenters. The van der Waals surface area contributed by atoms with E-state index in [-0.39, 0.29) is 24.2 Å². The molecule has 0 spiro atoms. The van der Waals surface area contributed by atoms with E-state index >= 15 is 0 Å². The molecule has 1 heterocycles. The Morgan fingerprint density at radius 1 is 1.17 bits per heavy atom. The molecule has 7 nitrogen and oxygen atoms in total. The third kappa shape index (κ3) is 5.07. The van der Waals surface area contributed by atoms with Gasteiger partial charge in [0.05, 0.1) is 13.7 Å². The average molecular weight is 407 g/mol. The van der Waals surface area contributed by atoms with Crippen LogP contribution in [0.4, 0.5) is 0 Å². The van der Waals surface area contributed by atoms with Crippen LogP contribution in [0.2, 0.25) is 0 Å². The molecule has 0 bridgehead atoms. The van der Waals surface area contributed by atoms with E-state index in [2.05, 4.69) is 0 Å². The fourth-order valence-corrected chi connectivity index (χ4v) is 4.00. The summed E-state index contributed by atoms with van der Waals surface area (Å²) < 4.78 is 12.1. The maximum Gasteiger partial charge on any atom is 0.354 e. The number of methoxy groups -OCH3 is 1. The maximum atomic E-state index is 13.2. The van der Waals surface area contributed by atoms with Crippen molar-refractivity contribution in [1.82, 2.24) is 9.47 Å². The second kappa shape index (κ2) is 10.6. The van der Waals surface area contributed by atoms with Crippen LogP contribution in [-0.2, 0) is 20.8 Å². The van der Waals surface area contributed by atoms with Crippen molar-refractivity contribution in [2.45, 2.75) is 59.9 Å². The molecule has 1 aliphatic carbocycles. The Kier molecular flexibility index (Phi) is 8.44. The predicted molar refractivity (Wildman–Crippen MR) is 110 cm³/mol. The quantitative estimate of drug-likeness (QED) is 0.320. The number of aromatic nitrogens is 1. The van der Waals surface area contributed by atoms with Crippen LogP contribution >= 0.6 is 0 Å². The third-order valence-corrected chi connectivity index (χ3v) is 5.76. The molecule has 1 aromatic rings. The van der Waals surface area contributed by atoms with E-state index in [0.717, 1.165) is 25.0 Å². The van der Waals surface area contributed by atoms with Crippen molar-refractivity contribution in [3.63, 3.8) is 0 Å². The van der Waals surface area contributed by atoms with Gasteiger partial charge in [-0.3, -0.25) is 9.59 Å². The van der Waals surface area contributed by atoms with Gasteiger partial charge in [0.15, 0.2) is 5.78 Å². The molecule has 2 rings (SSSR count). The molecule has 0 aromatic carbocycles. The standard InChI is InChI=1S/C22H34N2O5/c1-6-24-16(4)19(15(3)20(24)22(27)28-5)18(25)14-23(12-9-13-29-7-2)21(26)17-10-8-11-17/h17H,6-14H2,1-5H3. The van der Waals surface area contributed by atoms with E-state index < -0.39 is 5.97 Å². The van der Waals surface area contributed by atoms with Crippen molar-refractivity contribution in [3.05, 3.63) is 22.5 Å². The van der Waals surface area contributed by atoms with Crippen LogP contribution in [-0.4, -0.2) is 60.5 Å². The molecule has 7 heteroatoms. The molecule has 1 saturated carbocycles. The fraction of sp³-hybridized carbons (Fsp3) is 0.682. The van der Waals surface area contributed by atoms with Gasteiger partial charge in [0.25, 0.3) is 0 Å². The summed E-state index contributed by atoms with van der Waals surface area (Å²) in [6.45, 7) is 9.75.